The highest BCUT2D eigenvalue weighted by molar-refractivity contribution is 5.90. The maximum absolute atomic E-state index is 7.79. The second-order valence-corrected chi connectivity index (χ2v) is 4.35. The van der Waals surface area contributed by atoms with Gasteiger partial charge in [-0.1, -0.05) is 6.92 Å². The molecular weight excluding hydrogens is 178 g/mol. The molecule has 0 aliphatic carbocycles. The van der Waals surface area contributed by atoms with Crippen LogP contribution in [0.5, 0.6) is 0 Å². The summed E-state index contributed by atoms with van der Waals surface area (Å²) < 4.78 is 5.08. The van der Waals surface area contributed by atoms with Gasteiger partial charge in [0.25, 0.3) is 0 Å². The largest absolute Gasteiger partial charge is 0.430 e. The van der Waals surface area contributed by atoms with E-state index < -0.39 is 0 Å². The van der Waals surface area contributed by atoms with E-state index in [9.17, 15) is 0 Å². The zero-order valence-electron chi connectivity index (χ0n) is 9.18. The minimum absolute atomic E-state index is 0.107. The lowest BCUT2D eigenvalue weighted by Crippen LogP contribution is -2.41. The van der Waals surface area contributed by atoms with Crippen molar-refractivity contribution in [3.8, 4) is 0 Å². The molecule has 0 atom stereocenters. The maximum Gasteiger partial charge on any atom is 0.195 e. The molecule has 0 aromatic carbocycles. The van der Waals surface area contributed by atoms with Crippen LogP contribution in [0, 0.1) is 16.2 Å². The quantitative estimate of drug-likeness (QED) is 0.496. The lowest BCUT2D eigenvalue weighted by atomic mass is 9.80. The number of likely N-dealkylation sites (tertiary alicyclic amines) is 1. The van der Waals surface area contributed by atoms with Crippen molar-refractivity contribution in [2.24, 2.45) is 5.41 Å². The topological polar surface area (TPSA) is 60.2 Å². The van der Waals surface area contributed by atoms with Crippen molar-refractivity contribution >= 4 is 11.8 Å². The van der Waals surface area contributed by atoms with Gasteiger partial charge in [-0.3, -0.25) is 10.8 Å². The van der Waals surface area contributed by atoms with Crippen LogP contribution >= 0.6 is 0 Å². The summed E-state index contributed by atoms with van der Waals surface area (Å²) in [6.07, 6.45) is 1.88. The van der Waals surface area contributed by atoms with E-state index in [1.165, 1.54) is 0 Å². The first kappa shape index (κ1) is 11.2. The van der Waals surface area contributed by atoms with Crippen LogP contribution in [0.1, 0.15) is 26.7 Å². The van der Waals surface area contributed by atoms with E-state index in [-0.39, 0.29) is 17.2 Å². The van der Waals surface area contributed by atoms with E-state index in [0.717, 1.165) is 25.9 Å². The smallest absolute Gasteiger partial charge is 0.195 e. The van der Waals surface area contributed by atoms with Gasteiger partial charge in [0.05, 0.1) is 0 Å². The van der Waals surface area contributed by atoms with E-state index in [4.69, 9.17) is 15.6 Å². The van der Waals surface area contributed by atoms with E-state index in [2.05, 4.69) is 11.9 Å². The predicted octanol–water partition coefficient (Wildman–Crippen LogP) is 1.71. The van der Waals surface area contributed by atoms with Crippen LogP contribution in [0.15, 0.2) is 0 Å². The van der Waals surface area contributed by atoms with Crippen molar-refractivity contribution in [1.82, 2.24) is 4.90 Å². The molecule has 1 saturated heterocycles. The fraction of sp³-hybridized carbons (Fsp3) is 0.800. The molecule has 0 radical (unpaired) electrons. The van der Waals surface area contributed by atoms with Gasteiger partial charge in [-0.25, -0.2) is 0 Å². The Morgan fingerprint density at radius 1 is 1.29 bits per heavy atom. The third-order valence-electron chi connectivity index (χ3n) is 2.89. The lowest BCUT2D eigenvalue weighted by Gasteiger charge is -2.37. The molecule has 0 spiro atoms. The molecule has 14 heavy (non-hydrogen) atoms. The molecule has 4 heteroatoms. The van der Waals surface area contributed by atoms with E-state index in [0.29, 0.717) is 0 Å². The summed E-state index contributed by atoms with van der Waals surface area (Å²) in [5.41, 5.74) is -0.172. The number of hydrogen-bond acceptors (Lipinski definition) is 4. The number of piperidine rings is 1. The summed E-state index contributed by atoms with van der Waals surface area (Å²) in [5, 5.41) is 15.0. The number of nitrogens with zero attached hydrogens (tertiary/aromatic N) is 1. The number of hydrogen-bond donors (Lipinski definition) is 2. The van der Waals surface area contributed by atoms with Crippen LogP contribution in [0.4, 0.5) is 0 Å². The Morgan fingerprint density at radius 3 is 2.21 bits per heavy atom. The van der Waals surface area contributed by atoms with Gasteiger partial charge in [-0.05, 0) is 33.0 Å². The Bertz CT molecular complexity index is 242. The second kappa shape index (κ2) is 4.09. The highest BCUT2D eigenvalue weighted by Gasteiger charge is 2.35. The number of rotatable bonds is 1. The molecule has 1 rings (SSSR count). The maximum atomic E-state index is 7.79. The standard InChI is InChI=1S/C10H19N3O/c1-8(11)14-9(12)10(2)4-6-13(3)7-5-10/h11-12H,4-7H2,1-3H3. The Kier molecular flexibility index (Phi) is 3.26. The highest BCUT2D eigenvalue weighted by atomic mass is 16.5. The van der Waals surface area contributed by atoms with Crippen molar-refractivity contribution in [2.45, 2.75) is 26.7 Å². The molecule has 0 aromatic heterocycles. The summed E-state index contributed by atoms with van der Waals surface area (Å²) >= 11 is 0. The third kappa shape index (κ3) is 2.54. The first-order valence-electron chi connectivity index (χ1n) is 4.95. The van der Waals surface area contributed by atoms with E-state index in [1.54, 1.807) is 6.92 Å². The molecule has 80 valence electrons. The van der Waals surface area contributed by atoms with Crippen LogP contribution in [0.25, 0.3) is 0 Å². The van der Waals surface area contributed by atoms with Crippen LogP contribution in [0.2, 0.25) is 0 Å². The molecule has 0 bridgehead atoms. The van der Waals surface area contributed by atoms with Crippen molar-refractivity contribution in [1.29, 1.82) is 10.8 Å². The molecule has 0 saturated carbocycles. The lowest BCUT2D eigenvalue weighted by molar-refractivity contribution is 0.177. The fourth-order valence-corrected chi connectivity index (χ4v) is 1.62. The van der Waals surface area contributed by atoms with E-state index >= 15 is 0 Å². The molecule has 0 amide bonds. The Hall–Kier alpha value is -0.900. The molecule has 4 nitrogen and oxygen atoms in total. The first-order chi connectivity index (χ1) is 6.44. The van der Waals surface area contributed by atoms with Gasteiger partial charge in [0.15, 0.2) is 11.8 Å². The zero-order valence-corrected chi connectivity index (χ0v) is 9.18. The Morgan fingerprint density at radius 2 is 1.79 bits per heavy atom. The summed E-state index contributed by atoms with van der Waals surface area (Å²) in [6.45, 7) is 5.61. The normalized spacial score (nSPS) is 21.6. The highest BCUT2D eigenvalue weighted by Crippen LogP contribution is 2.31. The minimum Gasteiger partial charge on any atom is -0.430 e. The minimum atomic E-state index is -0.172. The van der Waals surface area contributed by atoms with Crippen LogP contribution in [-0.2, 0) is 4.74 Å². The molecule has 1 aliphatic heterocycles. The average molecular weight is 197 g/mol. The second-order valence-electron chi connectivity index (χ2n) is 4.35. The fourth-order valence-electron chi connectivity index (χ4n) is 1.62. The van der Waals surface area contributed by atoms with Gasteiger partial charge in [0.1, 0.15) is 0 Å². The van der Waals surface area contributed by atoms with Gasteiger partial charge in [0.2, 0.25) is 0 Å². The summed E-state index contributed by atoms with van der Waals surface area (Å²) in [6, 6.07) is 0. The molecular formula is C10H19N3O. The molecule has 2 N–H and O–H groups in total. The molecule has 1 heterocycles. The Labute approximate surface area is 85.3 Å². The van der Waals surface area contributed by atoms with Gasteiger partial charge < -0.3 is 9.64 Å². The average Bonchev–Trinajstić information content (AvgIpc) is 2.09. The summed E-state index contributed by atoms with van der Waals surface area (Å²) in [5.74, 6) is 0.355. The van der Waals surface area contributed by atoms with Crippen molar-refractivity contribution < 1.29 is 4.74 Å². The van der Waals surface area contributed by atoms with Gasteiger partial charge in [-0.2, -0.15) is 0 Å². The van der Waals surface area contributed by atoms with Crippen molar-refractivity contribution in [3.05, 3.63) is 0 Å². The zero-order chi connectivity index (χ0) is 10.8. The van der Waals surface area contributed by atoms with Crippen LogP contribution in [0.3, 0.4) is 0 Å². The van der Waals surface area contributed by atoms with Gasteiger partial charge in [0, 0.05) is 12.3 Å². The van der Waals surface area contributed by atoms with E-state index in [1.807, 2.05) is 6.92 Å². The third-order valence-corrected chi connectivity index (χ3v) is 2.89. The molecule has 0 aromatic rings. The number of ether oxygens (including phenoxy) is 1. The molecule has 1 aliphatic rings. The summed E-state index contributed by atoms with van der Waals surface area (Å²) in [7, 11) is 2.09. The number of nitrogens with one attached hydrogen (secondary N) is 2. The van der Waals surface area contributed by atoms with Crippen molar-refractivity contribution in [3.63, 3.8) is 0 Å². The SMILES string of the molecule is CC(=N)OC(=N)C1(C)CCN(C)CC1. The molecule has 1 fully saturated rings. The first-order valence-corrected chi connectivity index (χ1v) is 4.95. The van der Waals surface area contributed by atoms with Gasteiger partial charge >= 0.3 is 0 Å². The van der Waals surface area contributed by atoms with Crippen LogP contribution in [-0.4, -0.2) is 36.8 Å². The predicted molar refractivity (Wildman–Crippen MR) is 57.1 cm³/mol. The molecule has 0 unspecified atom stereocenters. The summed E-state index contributed by atoms with van der Waals surface area (Å²) in [4.78, 5) is 2.26. The van der Waals surface area contributed by atoms with Gasteiger partial charge in [-0.15, -0.1) is 0 Å². The van der Waals surface area contributed by atoms with Crippen molar-refractivity contribution in [2.75, 3.05) is 20.1 Å². The monoisotopic (exact) mass is 197 g/mol. The Balaban J connectivity index is 2.57. The van der Waals surface area contributed by atoms with Crippen LogP contribution < -0.4 is 0 Å².